The van der Waals surface area contributed by atoms with Gasteiger partial charge in [-0.15, -0.1) is 0 Å². The Morgan fingerprint density at radius 3 is 2.78 bits per heavy atom. The molecule has 0 aliphatic heterocycles. The summed E-state index contributed by atoms with van der Waals surface area (Å²) in [6.07, 6.45) is 6.50. The third-order valence-electron chi connectivity index (χ3n) is 2.11. The first-order valence-corrected chi connectivity index (χ1v) is 5.90. The van der Waals surface area contributed by atoms with Gasteiger partial charge in [0.15, 0.2) is 0 Å². The quantitative estimate of drug-likeness (QED) is 0.465. The Hall–Kier alpha value is -1.74. The molecule has 0 unspecified atom stereocenters. The predicted molar refractivity (Wildman–Crippen MR) is 72.8 cm³/mol. The number of carbonyl (C=O) groups excluding carboxylic acids is 1. The second-order valence-corrected chi connectivity index (χ2v) is 3.76. The molecule has 0 N–H and O–H groups in total. The van der Waals surface area contributed by atoms with Crippen LogP contribution in [0.2, 0.25) is 5.02 Å². The van der Waals surface area contributed by atoms with Gasteiger partial charge in [0.05, 0.1) is 18.7 Å². The van der Waals surface area contributed by atoms with Gasteiger partial charge in [0, 0.05) is 6.08 Å². The van der Waals surface area contributed by atoms with Gasteiger partial charge in [0.1, 0.15) is 5.75 Å². The summed E-state index contributed by atoms with van der Waals surface area (Å²) in [5.41, 5.74) is 0.853. The van der Waals surface area contributed by atoms with Crippen molar-refractivity contribution >= 4 is 23.6 Å². The van der Waals surface area contributed by atoms with Crippen LogP contribution in [0.1, 0.15) is 12.5 Å². The van der Waals surface area contributed by atoms with Crippen LogP contribution in [0.15, 0.2) is 36.4 Å². The smallest absolute Gasteiger partial charge is 0.330 e. The summed E-state index contributed by atoms with van der Waals surface area (Å²) in [7, 11) is 1.59. The minimum atomic E-state index is -0.358. The second-order valence-electron chi connectivity index (χ2n) is 3.36. The molecule has 0 bridgehead atoms. The Labute approximate surface area is 112 Å². The highest BCUT2D eigenvalue weighted by Gasteiger charge is 1.98. The average Bonchev–Trinajstić information content (AvgIpc) is 2.36. The summed E-state index contributed by atoms with van der Waals surface area (Å²) < 4.78 is 9.80. The van der Waals surface area contributed by atoms with Crippen molar-refractivity contribution in [3.05, 3.63) is 47.0 Å². The van der Waals surface area contributed by atoms with Crippen molar-refractivity contribution in [3.8, 4) is 5.75 Å². The molecule has 1 aromatic carbocycles. The molecular formula is C14H15ClO3. The van der Waals surface area contributed by atoms with Gasteiger partial charge in [-0.05, 0) is 30.7 Å². The Morgan fingerprint density at radius 2 is 2.17 bits per heavy atom. The van der Waals surface area contributed by atoms with E-state index in [1.54, 1.807) is 38.3 Å². The maximum Gasteiger partial charge on any atom is 0.330 e. The number of hydrogen-bond donors (Lipinski definition) is 0. The van der Waals surface area contributed by atoms with Crippen LogP contribution in [0.4, 0.5) is 0 Å². The summed E-state index contributed by atoms with van der Waals surface area (Å²) in [6, 6.07) is 5.40. The molecule has 0 spiro atoms. The highest BCUT2D eigenvalue weighted by atomic mass is 35.5. The first kappa shape index (κ1) is 14.3. The van der Waals surface area contributed by atoms with Crippen LogP contribution >= 0.6 is 11.6 Å². The molecule has 96 valence electrons. The molecular weight excluding hydrogens is 252 g/mol. The van der Waals surface area contributed by atoms with Crippen molar-refractivity contribution in [1.29, 1.82) is 0 Å². The van der Waals surface area contributed by atoms with E-state index in [0.717, 1.165) is 5.56 Å². The number of methoxy groups -OCH3 is 1. The topological polar surface area (TPSA) is 35.5 Å². The molecule has 0 saturated heterocycles. The van der Waals surface area contributed by atoms with Crippen molar-refractivity contribution in [1.82, 2.24) is 0 Å². The summed E-state index contributed by atoms with van der Waals surface area (Å²) in [6.45, 7) is 2.13. The first-order chi connectivity index (χ1) is 8.67. The van der Waals surface area contributed by atoms with Crippen molar-refractivity contribution < 1.29 is 14.3 Å². The average molecular weight is 267 g/mol. The van der Waals surface area contributed by atoms with E-state index in [0.29, 0.717) is 17.4 Å². The van der Waals surface area contributed by atoms with E-state index in [1.807, 2.05) is 12.1 Å². The van der Waals surface area contributed by atoms with Gasteiger partial charge in [-0.1, -0.05) is 29.8 Å². The van der Waals surface area contributed by atoms with E-state index in [1.165, 1.54) is 6.08 Å². The molecule has 0 radical (unpaired) electrons. The van der Waals surface area contributed by atoms with Gasteiger partial charge >= 0.3 is 5.97 Å². The van der Waals surface area contributed by atoms with Gasteiger partial charge in [-0.3, -0.25) is 0 Å². The minimum Gasteiger partial charge on any atom is -0.497 e. The lowest BCUT2D eigenvalue weighted by atomic mass is 10.2. The zero-order chi connectivity index (χ0) is 13.4. The molecule has 0 saturated carbocycles. The lowest BCUT2D eigenvalue weighted by molar-refractivity contribution is -0.137. The van der Waals surface area contributed by atoms with E-state index < -0.39 is 0 Å². The Balaban J connectivity index is 2.64. The first-order valence-electron chi connectivity index (χ1n) is 5.52. The minimum absolute atomic E-state index is 0.358. The number of rotatable bonds is 5. The molecule has 0 aliphatic rings. The lowest BCUT2D eigenvalue weighted by Gasteiger charge is -2.02. The Kier molecular flexibility index (Phi) is 6.01. The van der Waals surface area contributed by atoms with Crippen molar-refractivity contribution in [3.63, 3.8) is 0 Å². The summed E-state index contributed by atoms with van der Waals surface area (Å²) in [5.74, 6) is 0.349. The van der Waals surface area contributed by atoms with Crippen LogP contribution in [-0.2, 0) is 9.53 Å². The van der Waals surface area contributed by atoms with Crippen LogP contribution in [0.5, 0.6) is 5.75 Å². The van der Waals surface area contributed by atoms with Gasteiger partial charge < -0.3 is 9.47 Å². The van der Waals surface area contributed by atoms with Gasteiger partial charge in [0.25, 0.3) is 0 Å². The fraction of sp³-hybridized carbons (Fsp3) is 0.214. The van der Waals surface area contributed by atoms with E-state index >= 15 is 0 Å². The number of ether oxygens (including phenoxy) is 2. The molecule has 0 aromatic heterocycles. The van der Waals surface area contributed by atoms with Crippen LogP contribution in [0.25, 0.3) is 6.08 Å². The van der Waals surface area contributed by atoms with Crippen LogP contribution < -0.4 is 4.74 Å². The Bertz CT molecular complexity index is 464. The highest BCUT2D eigenvalue weighted by molar-refractivity contribution is 6.32. The van der Waals surface area contributed by atoms with Crippen molar-refractivity contribution in [2.24, 2.45) is 0 Å². The SMILES string of the molecule is CCOC(=O)C=CC=Cc1ccc(OC)cc1Cl. The van der Waals surface area contributed by atoms with Gasteiger partial charge in [0.2, 0.25) is 0 Å². The molecule has 1 aromatic rings. The monoisotopic (exact) mass is 266 g/mol. The fourth-order valence-corrected chi connectivity index (χ4v) is 1.49. The van der Waals surface area contributed by atoms with Crippen LogP contribution in [-0.4, -0.2) is 19.7 Å². The maximum absolute atomic E-state index is 11.0. The summed E-state index contributed by atoms with van der Waals surface area (Å²) >= 11 is 6.05. The molecule has 0 fully saturated rings. The molecule has 18 heavy (non-hydrogen) atoms. The molecule has 0 aliphatic carbocycles. The number of carbonyl (C=O) groups is 1. The maximum atomic E-state index is 11.0. The number of allylic oxidation sites excluding steroid dienone is 2. The fourth-order valence-electron chi connectivity index (χ4n) is 1.25. The third kappa shape index (κ3) is 4.63. The normalized spacial score (nSPS) is 11.1. The molecule has 0 amide bonds. The molecule has 1 rings (SSSR count). The number of esters is 1. The molecule has 4 heteroatoms. The van der Waals surface area contributed by atoms with Crippen molar-refractivity contribution in [2.75, 3.05) is 13.7 Å². The zero-order valence-electron chi connectivity index (χ0n) is 10.4. The number of benzene rings is 1. The standard InChI is InChI=1S/C14H15ClO3/c1-3-18-14(16)7-5-4-6-11-8-9-12(17-2)10-13(11)15/h4-10H,3H2,1-2H3. The van der Waals surface area contributed by atoms with E-state index in [2.05, 4.69) is 0 Å². The largest absolute Gasteiger partial charge is 0.497 e. The summed E-state index contributed by atoms with van der Waals surface area (Å²) in [4.78, 5) is 11.0. The van der Waals surface area contributed by atoms with Gasteiger partial charge in [-0.2, -0.15) is 0 Å². The third-order valence-corrected chi connectivity index (χ3v) is 2.44. The van der Waals surface area contributed by atoms with E-state index in [-0.39, 0.29) is 5.97 Å². The number of halogens is 1. The Morgan fingerprint density at radius 1 is 1.39 bits per heavy atom. The molecule has 3 nitrogen and oxygen atoms in total. The van der Waals surface area contributed by atoms with E-state index in [9.17, 15) is 4.79 Å². The number of hydrogen-bond acceptors (Lipinski definition) is 3. The van der Waals surface area contributed by atoms with Crippen molar-refractivity contribution in [2.45, 2.75) is 6.92 Å². The second kappa shape index (κ2) is 7.56. The van der Waals surface area contributed by atoms with Crippen LogP contribution in [0.3, 0.4) is 0 Å². The summed E-state index contributed by atoms with van der Waals surface area (Å²) in [5, 5.41) is 0.593. The lowest BCUT2D eigenvalue weighted by Crippen LogP contribution is -1.98. The highest BCUT2D eigenvalue weighted by Crippen LogP contribution is 2.23. The zero-order valence-corrected chi connectivity index (χ0v) is 11.1. The van der Waals surface area contributed by atoms with E-state index in [4.69, 9.17) is 21.1 Å². The van der Waals surface area contributed by atoms with Crippen LogP contribution in [0, 0.1) is 0 Å². The molecule has 0 atom stereocenters. The predicted octanol–water partition coefficient (Wildman–Crippen LogP) is 3.48. The molecule has 0 heterocycles. The van der Waals surface area contributed by atoms with Gasteiger partial charge in [-0.25, -0.2) is 4.79 Å².